The van der Waals surface area contributed by atoms with E-state index in [0.717, 1.165) is 34.9 Å². The maximum Gasteiger partial charge on any atom is 0.292 e. The molecule has 5 rings (SSSR count). The molecule has 176 valence electrons. The zero-order valence-electron chi connectivity index (χ0n) is 18.9. The van der Waals surface area contributed by atoms with Crippen LogP contribution in [0.5, 0.6) is 0 Å². The standard InChI is InChI=1S/C25H25ClN4O3S/c1-17-19(8-5-9-20(17)26)14-30-21(16-33-15-18-6-3-2-4-7-18)27-24(31)22-23(30)28-25(34-22)29-10-12-32-13-11-29/h2-9H,10-16H2,1H3. The molecule has 0 bridgehead atoms. The fourth-order valence-electron chi connectivity index (χ4n) is 3.97. The molecule has 1 aliphatic heterocycles. The van der Waals surface area contributed by atoms with Crippen LogP contribution in [0.4, 0.5) is 5.13 Å². The Balaban J connectivity index is 1.53. The van der Waals surface area contributed by atoms with Crippen LogP contribution in [0.3, 0.4) is 0 Å². The first-order valence-corrected chi connectivity index (χ1v) is 12.4. The summed E-state index contributed by atoms with van der Waals surface area (Å²) in [6.07, 6.45) is 0. The van der Waals surface area contributed by atoms with Gasteiger partial charge in [0.05, 0.1) is 26.4 Å². The summed E-state index contributed by atoms with van der Waals surface area (Å²) in [5, 5.41) is 1.52. The van der Waals surface area contributed by atoms with Gasteiger partial charge >= 0.3 is 0 Å². The van der Waals surface area contributed by atoms with Crippen molar-refractivity contribution in [2.45, 2.75) is 26.7 Å². The zero-order chi connectivity index (χ0) is 23.5. The van der Waals surface area contributed by atoms with Crippen molar-refractivity contribution >= 4 is 38.4 Å². The molecule has 1 aliphatic rings. The van der Waals surface area contributed by atoms with Crippen molar-refractivity contribution in [1.82, 2.24) is 14.5 Å². The maximum atomic E-state index is 13.0. The Morgan fingerprint density at radius 2 is 1.85 bits per heavy atom. The van der Waals surface area contributed by atoms with Gasteiger partial charge in [0.25, 0.3) is 5.56 Å². The Morgan fingerprint density at radius 1 is 1.06 bits per heavy atom. The topological polar surface area (TPSA) is 69.5 Å². The van der Waals surface area contributed by atoms with Gasteiger partial charge in [-0.25, -0.2) is 4.98 Å². The highest BCUT2D eigenvalue weighted by Gasteiger charge is 2.21. The summed E-state index contributed by atoms with van der Waals surface area (Å²) in [6, 6.07) is 15.8. The molecule has 0 radical (unpaired) electrons. The number of hydrogen-bond donors (Lipinski definition) is 0. The third-order valence-corrected chi connectivity index (χ3v) is 7.43. The van der Waals surface area contributed by atoms with Crippen molar-refractivity contribution in [3.8, 4) is 0 Å². The van der Waals surface area contributed by atoms with Gasteiger partial charge in [0, 0.05) is 18.1 Å². The van der Waals surface area contributed by atoms with E-state index < -0.39 is 0 Å². The van der Waals surface area contributed by atoms with Crippen LogP contribution in [-0.2, 0) is 29.2 Å². The highest BCUT2D eigenvalue weighted by Crippen LogP contribution is 2.29. The number of thiazole rings is 1. The molecule has 9 heteroatoms. The largest absolute Gasteiger partial charge is 0.378 e. The third-order valence-electron chi connectivity index (χ3n) is 5.92. The minimum Gasteiger partial charge on any atom is -0.378 e. The molecule has 0 unspecified atom stereocenters. The van der Waals surface area contributed by atoms with Crippen molar-refractivity contribution < 1.29 is 9.47 Å². The van der Waals surface area contributed by atoms with Crippen LogP contribution in [0.25, 0.3) is 10.3 Å². The lowest BCUT2D eigenvalue weighted by Crippen LogP contribution is -2.36. The quantitative estimate of drug-likeness (QED) is 0.377. The van der Waals surface area contributed by atoms with Crippen LogP contribution in [-0.4, -0.2) is 40.8 Å². The molecule has 0 saturated carbocycles. The summed E-state index contributed by atoms with van der Waals surface area (Å²) in [7, 11) is 0. The molecule has 2 aromatic carbocycles. The predicted molar refractivity (Wildman–Crippen MR) is 135 cm³/mol. The Hall–Kier alpha value is -2.78. The molecule has 0 aliphatic carbocycles. The molecule has 1 fully saturated rings. The van der Waals surface area contributed by atoms with Crippen LogP contribution in [0, 0.1) is 6.92 Å². The monoisotopic (exact) mass is 496 g/mol. The number of ether oxygens (including phenoxy) is 2. The summed E-state index contributed by atoms with van der Waals surface area (Å²) in [5.74, 6) is 0.548. The molecule has 0 amide bonds. The zero-order valence-corrected chi connectivity index (χ0v) is 20.4. The van der Waals surface area contributed by atoms with Crippen molar-refractivity contribution in [3.63, 3.8) is 0 Å². The molecular formula is C25H25ClN4O3S. The number of benzene rings is 2. The van der Waals surface area contributed by atoms with Crippen LogP contribution in [0.15, 0.2) is 53.3 Å². The molecule has 0 spiro atoms. The highest BCUT2D eigenvalue weighted by atomic mass is 35.5. The number of rotatable bonds is 7. The fraction of sp³-hybridized carbons (Fsp3) is 0.320. The Bertz CT molecular complexity index is 1350. The van der Waals surface area contributed by atoms with E-state index in [4.69, 9.17) is 26.1 Å². The van der Waals surface area contributed by atoms with Crippen molar-refractivity contribution in [1.29, 1.82) is 0 Å². The van der Waals surface area contributed by atoms with Gasteiger partial charge in [0.2, 0.25) is 0 Å². The van der Waals surface area contributed by atoms with Gasteiger partial charge in [0.15, 0.2) is 10.8 Å². The van der Waals surface area contributed by atoms with Gasteiger partial charge in [-0.15, -0.1) is 0 Å². The first kappa shape index (κ1) is 23.0. The van der Waals surface area contributed by atoms with E-state index in [-0.39, 0.29) is 12.2 Å². The molecule has 4 aromatic rings. The first-order valence-electron chi connectivity index (χ1n) is 11.2. The average molecular weight is 497 g/mol. The summed E-state index contributed by atoms with van der Waals surface area (Å²) < 4.78 is 14.0. The first-order chi connectivity index (χ1) is 16.6. The van der Waals surface area contributed by atoms with Crippen molar-refractivity contribution in [2.24, 2.45) is 0 Å². The van der Waals surface area contributed by atoms with Crippen LogP contribution < -0.4 is 10.5 Å². The molecule has 7 nitrogen and oxygen atoms in total. The minimum atomic E-state index is -0.274. The Labute approximate surface area is 206 Å². The number of morpholine rings is 1. The fourth-order valence-corrected chi connectivity index (χ4v) is 5.17. The number of fused-ring (bicyclic) bond motifs is 1. The summed E-state index contributed by atoms with van der Waals surface area (Å²) in [6.45, 7) is 5.93. The second-order valence-corrected chi connectivity index (χ2v) is 9.55. The van der Waals surface area contributed by atoms with E-state index in [1.165, 1.54) is 11.3 Å². The Morgan fingerprint density at radius 3 is 2.65 bits per heavy atom. The molecule has 2 aromatic heterocycles. The number of aromatic nitrogens is 3. The van der Waals surface area contributed by atoms with Crippen molar-refractivity contribution in [3.05, 3.63) is 86.4 Å². The third kappa shape index (κ3) is 4.86. The van der Waals surface area contributed by atoms with E-state index in [1.807, 2.05) is 60.0 Å². The molecular weight excluding hydrogens is 472 g/mol. The van der Waals surface area contributed by atoms with Gasteiger partial charge in [-0.05, 0) is 29.7 Å². The van der Waals surface area contributed by atoms with Gasteiger partial charge in [-0.2, -0.15) is 4.98 Å². The molecule has 3 heterocycles. The van der Waals surface area contributed by atoms with Crippen LogP contribution in [0.2, 0.25) is 5.02 Å². The van der Waals surface area contributed by atoms with E-state index in [2.05, 4.69) is 9.88 Å². The van der Waals surface area contributed by atoms with Gasteiger partial charge in [0.1, 0.15) is 17.1 Å². The lowest BCUT2D eigenvalue weighted by atomic mass is 10.1. The summed E-state index contributed by atoms with van der Waals surface area (Å²) >= 11 is 7.78. The van der Waals surface area contributed by atoms with Gasteiger partial charge in [-0.1, -0.05) is 65.4 Å². The van der Waals surface area contributed by atoms with Gasteiger partial charge in [-0.3, -0.25) is 4.79 Å². The smallest absolute Gasteiger partial charge is 0.292 e. The molecule has 0 N–H and O–H groups in total. The van der Waals surface area contributed by atoms with Crippen molar-refractivity contribution in [2.75, 3.05) is 31.2 Å². The number of nitrogens with zero attached hydrogens (tertiary/aromatic N) is 4. The molecule has 0 atom stereocenters. The summed E-state index contributed by atoms with van der Waals surface area (Å²) in [5.41, 5.74) is 3.46. The second-order valence-electron chi connectivity index (χ2n) is 8.17. The Kier molecular flexibility index (Phi) is 6.92. The van der Waals surface area contributed by atoms with E-state index in [1.54, 1.807) is 0 Å². The van der Waals surface area contributed by atoms with E-state index in [0.29, 0.717) is 47.6 Å². The molecule has 1 saturated heterocycles. The number of anilines is 1. The molecule has 34 heavy (non-hydrogen) atoms. The highest BCUT2D eigenvalue weighted by molar-refractivity contribution is 7.22. The minimum absolute atomic E-state index is 0.199. The average Bonchev–Trinajstić information content (AvgIpc) is 3.31. The lowest BCUT2D eigenvalue weighted by Gasteiger charge is -2.25. The number of hydrogen-bond acceptors (Lipinski definition) is 7. The second kappa shape index (κ2) is 10.2. The number of halogens is 1. The van der Waals surface area contributed by atoms with Gasteiger partial charge < -0.3 is 18.9 Å². The van der Waals surface area contributed by atoms with Crippen LogP contribution >= 0.6 is 22.9 Å². The van der Waals surface area contributed by atoms with Crippen LogP contribution in [0.1, 0.15) is 22.5 Å². The predicted octanol–water partition coefficient (Wildman–Crippen LogP) is 4.42. The van der Waals surface area contributed by atoms with E-state index in [9.17, 15) is 4.79 Å². The lowest BCUT2D eigenvalue weighted by molar-refractivity contribution is 0.0990. The van der Waals surface area contributed by atoms with E-state index >= 15 is 0 Å². The summed E-state index contributed by atoms with van der Waals surface area (Å²) in [4.78, 5) is 24.5. The maximum absolute atomic E-state index is 13.0. The SMILES string of the molecule is Cc1c(Cl)cccc1Cn1c(COCc2ccccc2)nc(=O)c2sc(N3CCOCC3)nc21. The normalized spacial score (nSPS) is 14.1.